The Labute approximate surface area is 145 Å². The summed E-state index contributed by atoms with van der Waals surface area (Å²) < 4.78 is 0. The zero-order chi connectivity index (χ0) is 17.2. The molecule has 0 heterocycles. The summed E-state index contributed by atoms with van der Waals surface area (Å²) in [5, 5.41) is 3.04. The summed E-state index contributed by atoms with van der Waals surface area (Å²) in [5.74, 6) is 0.230. The predicted molar refractivity (Wildman–Crippen MR) is 102 cm³/mol. The highest BCUT2D eigenvalue weighted by Crippen LogP contribution is 2.11. The van der Waals surface area contributed by atoms with Crippen molar-refractivity contribution >= 4 is 5.91 Å². The summed E-state index contributed by atoms with van der Waals surface area (Å²) in [6, 6.07) is 0. The van der Waals surface area contributed by atoms with Gasteiger partial charge in [-0.05, 0) is 19.5 Å². The van der Waals surface area contributed by atoms with Crippen molar-refractivity contribution in [3.05, 3.63) is 0 Å². The van der Waals surface area contributed by atoms with Crippen LogP contribution < -0.4 is 5.32 Å². The van der Waals surface area contributed by atoms with E-state index in [9.17, 15) is 4.79 Å². The van der Waals surface area contributed by atoms with Crippen LogP contribution in [-0.4, -0.2) is 37.0 Å². The van der Waals surface area contributed by atoms with Gasteiger partial charge in [0.15, 0.2) is 0 Å². The summed E-state index contributed by atoms with van der Waals surface area (Å²) >= 11 is 0. The van der Waals surface area contributed by atoms with Gasteiger partial charge < -0.3 is 10.2 Å². The first-order valence-electron chi connectivity index (χ1n) is 10.2. The van der Waals surface area contributed by atoms with Gasteiger partial charge in [-0.25, -0.2) is 0 Å². The number of likely N-dealkylation sites (N-methyl/N-ethyl adjacent to an activating group) is 1. The lowest BCUT2D eigenvalue weighted by molar-refractivity contribution is -0.121. The molecule has 0 spiro atoms. The summed E-state index contributed by atoms with van der Waals surface area (Å²) in [4.78, 5) is 14.1. The van der Waals surface area contributed by atoms with Crippen molar-refractivity contribution in [1.82, 2.24) is 10.2 Å². The van der Waals surface area contributed by atoms with Crippen LogP contribution in [0.2, 0.25) is 0 Å². The molecule has 138 valence electrons. The van der Waals surface area contributed by atoms with E-state index in [-0.39, 0.29) is 5.91 Å². The van der Waals surface area contributed by atoms with Crippen molar-refractivity contribution in [2.24, 2.45) is 0 Å². The molecular formula is C20H42N2O. The van der Waals surface area contributed by atoms with Crippen molar-refractivity contribution in [3.63, 3.8) is 0 Å². The van der Waals surface area contributed by atoms with Crippen molar-refractivity contribution in [2.45, 2.75) is 97.8 Å². The minimum Gasteiger partial charge on any atom is -0.355 e. The average molecular weight is 327 g/mol. The number of nitrogens with one attached hydrogen (secondary N) is 1. The maximum absolute atomic E-state index is 11.7. The van der Waals surface area contributed by atoms with E-state index in [2.05, 4.69) is 31.0 Å². The normalized spacial score (nSPS) is 11.1. The topological polar surface area (TPSA) is 32.3 Å². The standard InChI is InChI=1S/C20H42N2O/c1-4-7-8-9-10-11-12-13-14-15-16-17-20(23)21-18-19-22(5-2)6-3/h4-19H2,1-3H3,(H,21,23). The van der Waals surface area contributed by atoms with Crippen LogP contribution in [0, 0.1) is 0 Å². The Bertz CT molecular complexity index is 252. The van der Waals surface area contributed by atoms with Crippen molar-refractivity contribution in [3.8, 4) is 0 Å². The van der Waals surface area contributed by atoms with E-state index in [1.54, 1.807) is 0 Å². The number of carbonyl (C=O) groups excluding carboxylic acids is 1. The third-order valence-electron chi connectivity index (χ3n) is 4.65. The zero-order valence-electron chi connectivity index (χ0n) is 16.2. The quantitative estimate of drug-likeness (QED) is 0.375. The van der Waals surface area contributed by atoms with Gasteiger partial charge in [0.05, 0.1) is 0 Å². The Morgan fingerprint density at radius 2 is 1.22 bits per heavy atom. The largest absolute Gasteiger partial charge is 0.355 e. The molecule has 1 amide bonds. The van der Waals surface area contributed by atoms with Crippen LogP contribution in [0.25, 0.3) is 0 Å². The number of rotatable bonds is 17. The molecule has 0 aliphatic rings. The van der Waals surface area contributed by atoms with Crippen LogP contribution in [0.4, 0.5) is 0 Å². The van der Waals surface area contributed by atoms with Crippen LogP contribution >= 0.6 is 0 Å². The van der Waals surface area contributed by atoms with Gasteiger partial charge in [-0.3, -0.25) is 4.79 Å². The molecule has 23 heavy (non-hydrogen) atoms. The molecule has 0 saturated heterocycles. The summed E-state index contributed by atoms with van der Waals surface area (Å²) in [6.07, 6.45) is 15.4. The molecule has 0 aliphatic carbocycles. The first-order valence-corrected chi connectivity index (χ1v) is 10.2. The summed E-state index contributed by atoms with van der Waals surface area (Å²) in [6.45, 7) is 10.5. The van der Waals surface area contributed by atoms with E-state index in [0.717, 1.165) is 32.6 Å². The zero-order valence-corrected chi connectivity index (χ0v) is 16.2. The minimum absolute atomic E-state index is 0.230. The average Bonchev–Trinajstić information content (AvgIpc) is 2.56. The molecule has 0 rings (SSSR count). The lowest BCUT2D eigenvalue weighted by Crippen LogP contribution is -2.34. The van der Waals surface area contributed by atoms with Crippen molar-refractivity contribution in [1.29, 1.82) is 0 Å². The van der Waals surface area contributed by atoms with E-state index in [4.69, 9.17) is 0 Å². The first-order chi connectivity index (χ1) is 11.2. The number of hydrogen-bond donors (Lipinski definition) is 1. The highest BCUT2D eigenvalue weighted by molar-refractivity contribution is 5.75. The van der Waals surface area contributed by atoms with Crippen LogP contribution in [0.15, 0.2) is 0 Å². The molecule has 0 fully saturated rings. The van der Waals surface area contributed by atoms with Crippen LogP contribution in [0.3, 0.4) is 0 Å². The molecule has 0 aromatic heterocycles. The maximum Gasteiger partial charge on any atom is 0.220 e. The molecule has 0 aliphatic heterocycles. The number of amides is 1. The number of hydrogen-bond acceptors (Lipinski definition) is 2. The van der Waals surface area contributed by atoms with Gasteiger partial charge in [0.2, 0.25) is 5.91 Å². The predicted octanol–water partition coefficient (Wildman–Crippen LogP) is 5.15. The molecule has 1 N–H and O–H groups in total. The van der Waals surface area contributed by atoms with E-state index in [1.807, 2.05) is 0 Å². The molecule has 0 unspecified atom stereocenters. The molecule has 3 nitrogen and oxygen atoms in total. The van der Waals surface area contributed by atoms with Crippen molar-refractivity contribution in [2.75, 3.05) is 26.2 Å². The minimum atomic E-state index is 0.230. The fraction of sp³-hybridized carbons (Fsp3) is 0.950. The SMILES string of the molecule is CCCCCCCCCCCCCC(=O)NCCN(CC)CC. The Kier molecular flexibility index (Phi) is 17.3. The Morgan fingerprint density at radius 3 is 1.70 bits per heavy atom. The molecule has 0 aromatic carbocycles. The third kappa shape index (κ3) is 16.1. The van der Waals surface area contributed by atoms with Crippen LogP contribution in [0.1, 0.15) is 97.8 Å². The second-order valence-corrected chi connectivity index (χ2v) is 6.66. The highest BCUT2D eigenvalue weighted by Gasteiger charge is 2.02. The number of carbonyl (C=O) groups is 1. The van der Waals surface area contributed by atoms with Gasteiger partial charge in [0.1, 0.15) is 0 Å². The smallest absolute Gasteiger partial charge is 0.220 e. The molecule has 0 saturated carbocycles. The monoisotopic (exact) mass is 326 g/mol. The molecule has 0 atom stereocenters. The fourth-order valence-corrected chi connectivity index (χ4v) is 2.93. The highest BCUT2D eigenvalue weighted by atomic mass is 16.1. The molecule has 0 radical (unpaired) electrons. The van der Waals surface area contributed by atoms with Gasteiger partial charge in [0.25, 0.3) is 0 Å². The van der Waals surface area contributed by atoms with E-state index in [1.165, 1.54) is 64.2 Å². The Morgan fingerprint density at radius 1 is 0.739 bits per heavy atom. The number of unbranched alkanes of at least 4 members (excludes halogenated alkanes) is 10. The molecule has 3 heteroatoms. The summed E-state index contributed by atoms with van der Waals surface area (Å²) in [5.41, 5.74) is 0. The second-order valence-electron chi connectivity index (χ2n) is 6.66. The van der Waals surface area contributed by atoms with Gasteiger partial charge in [-0.2, -0.15) is 0 Å². The third-order valence-corrected chi connectivity index (χ3v) is 4.65. The molecule has 0 bridgehead atoms. The Hall–Kier alpha value is -0.570. The van der Waals surface area contributed by atoms with E-state index < -0.39 is 0 Å². The lowest BCUT2D eigenvalue weighted by Gasteiger charge is -2.17. The Balaban J connectivity index is 3.23. The van der Waals surface area contributed by atoms with Crippen molar-refractivity contribution < 1.29 is 4.79 Å². The second kappa shape index (κ2) is 17.8. The molecule has 0 aromatic rings. The fourth-order valence-electron chi connectivity index (χ4n) is 2.93. The summed E-state index contributed by atoms with van der Waals surface area (Å²) in [7, 11) is 0. The van der Waals surface area contributed by atoms with Gasteiger partial charge in [-0.1, -0.05) is 85.0 Å². The van der Waals surface area contributed by atoms with E-state index in [0.29, 0.717) is 6.42 Å². The van der Waals surface area contributed by atoms with Gasteiger partial charge in [-0.15, -0.1) is 0 Å². The van der Waals surface area contributed by atoms with Crippen LogP contribution in [-0.2, 0) is 4.79 Å². The van der Waals surface area contributed by atoms with Gasteiger partial charge in [0, 0.05) is 19.5 Å². The molecular weight excluding hydrogens is 284 g/mol. The number of nitrogens with zero attached hydrogens (tertiary/aromatic N) is 1. The van der Waals surface area contributed by atoms with Crippen LogP contribution in [0.5, 0.6) is 0 Å². The van der Waals surface area contributed by atoms with Gasteiger partial charge >= 0.3 is 0 Å². The first kappa shape index (κ1) is 22.4. The lowest BCUT2D eigenvalue weighted by atomic mass is 10.1. The van der Waals surface area contributed by atoms with E-state index >= 15 is 0 Å². The maximum atomic E-state index is 11.7.